The van der Waals surface area contributed by atoms with Crippen LogP contribution in [0.15, 0.2) is 24.4 Å². The summed E-state index contributed by atoms with van der Waals surface area (Å²) in [5, 5.41) is 9.50. The maximum Gasteiger partial charge on any atom is 0.222 e. The Bertz CT molecular complexity index is 725. The molecular formula is C14H9ClFN3. The van der Waals surface area contributed by atoms with Crippen LogP contribution in [0, 0.1) is 17.3 Å². The molecule has 0 aromatic carbocycles. The molecule has 1 aliphatic rings. The van der Waals surface area contributed by atoms with E-state index in [2.05, 4.69) is 11.1 Å². The van der Waals surface area contributed by atoms with Crippen LogP contribution in [0.5, 0.6) is 0 Å². The molecule has 0 amide bonds. The standard InChI is InChI=1S/C14H9ClFN3/c15-12-10(8-17)11-5-1-2-7-19(11)13(12)9-4-3-6-18-14(9)16/h1,3-6H,2,7H2. The number of fused-ring (bicyclic) bond motifs is 1. The van der Waals surface area contributed by atoms with Crippen LogP contribution in [-0.4, -0.2) is 9.55 Å². The molecule has 0 radical (unpaired) electrons. The lowest BCUT2D eigenvalue weighted by Gasteiger charge is -2.14. The summed E-state index contributed by atoms with van der Waals surface area (Å²) in [6, 6.07) is 5.36. The van der Waals surface area contributed by atoms with Gasteiger partial charge in [-0.3, -0.25) is 0 Å². The Morgan fingerprint density at radius 1 is 1.47 bits per heavy atom. The van der Waals surface area contributed by atoms with E-state index in [1.165, 1.54) is 6.20 Å². The fraction of sp³-hybridized carbons (Fsp3) is 0.143. The minimum atomic E-state index is -0.580. The van der Waals surface area contributed by atoms with E-state index in [4.69, 9.17) is 11.6 Å². The second-order valence-electron chi connectivity index (χ2n) is 4.22. The van der Waals surface area contributed by atoms with Crippen molar-refractivity contribution in [1.29, 1.82) is 5.26 Å². The molecule has 0 fully saturated rings. The van der Waals surface area contributed by atoms with Crippen LogP contribution in [-0.2, 0) is 6.54 Å². The molecule has 0 saturated carbocycles. The molecule has 2 aromatic heterocycles. The summed E-state index contributed by atoms with van der Waals surface area (Å²) < 4.78 is 15.7. The average molecular weight is 274 g/mol. The SMILES string of the molecule is N#Cc1c(Cl)c(-c2cccnc2F)n2c1C=CCC2. The summed E-state index contributed by atoms with van der Waals surface area (Å²) in [5.74, 6) is -0.580. The Kier molecular flexibility index (Phi) is 2.84. The van der Waals surface area contributed by atoms with Crippen LogP contribution in [0.1, 0.15) is 17.7 Å². The van der Waals surface area contributed by atoms with E-state index in [1.807, 2.05) is 16.7 Å². The van der Waals surface area contributed by atoms with E-state index in [9.17, 15) is 9.65 Å². The molecule has 0 atom stereocenters. The van der Waals surface area contributed by atoms with Gasteiger partial charge in [-0.1, -0.05) is 17.7 Å². The zero-order chi connectivity index (χ0) is 13.4. The first-order valence-corrected chi connectivity index (χ1v) is 6.21. The van der Waals surface area contributed by atoms with Crippen molar-refractivity contribution in [3.05, 3.63) is 46.6 Å². The van der Waals surface area contributed by atoms with E-state index < -0.39 is 5.95 Å². The van der Waals surface area contributed by atoms with E-state index in [-0.39, 0.29) is 5.02 Å². The monoisotopic (exact) mass is 273 g/mol. The first-order chi connectivity index (χ1) is 9.24. The summed E-state index contributed by atoms with van der Waals surface area (Å²) >= 11 is 6.25. The third-order valence-corrected chi connectivity index (χ3v) is 3.53. The molecule has 0 spiro atoms. The van der Waals surface area contributed by atoms with Crippen LogP contribution < -0.4 is 0 Å². The largest absolute Gasteiger partial charge is 0.338 e. The van der Waals surface area contributed by atoms with Gasteiger partial charge in [-0.2, -0.15) is 9.65 Å². The third kappa shape index (κ3) is 1.74. The van der Waals surface area contributed by atoms with Crippen molar-refractivity contribution in [1.82, 2.24) is 9.55 Å². The molecule has 5 heteroatoms. The lowest BCUT2D eigenvalue weighted by molar-refractivity contribution is 0.584. The fourth-order valence-electron chi connectivity index (χ4n) is 2.34. The maximum absolute atomic E-state index is 13.9. The Morgan fingerprint density at radius 3 is 3.05 bits per heavy atom. The van der Waals surface area contributed by atoms with Gasteiger partial charge in [-0.05, 0) is 24.6 Å². The Labute approximate surface area is 114 Å². The molecular weight excluding hydrogens is 265 g/mol. The zero-order valence-electron chi connectivity index (χ0n) is 9.90. The fourth-order valence-corrected chi connectivity index (χ4v) is 2.68. The van der Waals surface area contributed by atoms with E-state index in [0.29, 0.717) is 23.4 Å². The van der Waals surface area contributed by atoms with Gasteiger partial charge in [-0.15, -0.1) is 0 Å². The molecule has 0 N–H and O–H groups in total. The minimum absolute atomic E-state index is 0.288. The van der Waals surface area contributed by atoms with Gasteiger partial charge in [-0.25, -0.2) is 4.98 Å². The van der Waals surface area contributed by atoms with Crippen LogP contribution in [0.4, 0.5) is 4.39 Å². The number of pyridine rings is 1. The van der Waals surface area contributed by atoms with Gasteiger partial charge < -0.3 is 4.57 Å². The summed E-state index contributed by atoms with van der Waals surface area (Å²) in [6.07, 6.45) is 6.05. The number of aromatic nitrogens is 2. The van der Waals surface area contributed by atoms with Gasteiger partial charge in [0.1, 0.15) is 6.07 Å². The number of allylic oxidation sites excluding steroid dienone is 1. The van der Waals surface area contributed by atoms with Gasteiger partial charge in [0.15, 0.2) is 0 Å². The summed E-state index contributed by atoms with van der Waals surface area (Å²) in [4.78, 5) is 3.64. The number of hydrogen-bond acceptors (Lipinski definition) is 2. The normalized spacial score (nSPS) is 13.1. The van der Waals surface area contributed by atoms with Crippen LogP contribution in [0.25, 0.3) is 17.3 Å². The Hall–Kier alpha value is -2.12. The third-order valence-electron chi connectivity index (χ3n) is 3.17. The van der Waals surface area contributed by atoms with E-state index in [0.717, 1.165) is 12.1 Å². The van der Waals surface area contributed by atoms with Gasteiger partial charge in [0.2, 0.25) is 5.95 Å². The number of halogens is 2. The van der Waals surface area contributed by atoms with E-state index >= 15 is 0 Å². The number of hydrogen-bond donors (Lipinski definition) is 0. The average Bonchev–Trinajstić information content (AvgIpc) is 2.71. The zero-order valence-corrected chi connectivity index (χ0v) is 10.7. The molecule has 0 unspecified atom stereocenters. The quantitative estimate of drug-likeness (QED) is 0.745. The van der Waals surface area contributed by atoms with E-state index in [1.54, 1.807) is 12.1 Å². The summed E-state index contributed by atoms with van der Waals surface area (Å²) in [7, 11) is 0. The molecule has 0 bridgehead atoms. The highest BCUT2D eigenvalue weighted by molar-refractivity contribution is 6.34. The van der Waals surface area contributed by atoms with Gasteiger partial charge >= 0.3 is 0 Å². The van der Waals surface area contributed by atoms with Crippen molar-refractivity contribution in [2.24, 2.45) is 0 Å². The molecule has 19 heavy (non-hydrogen) atoms. The topological polar surface area (TPSA) is 41.6 Å². The van der Waals surface area contributed by atoms with Crippen LogP contribution in [0.2, 0.25) is 5.02 Å². The van der Waals surface area contributed by atoms with Crippen LogP contribution in [0.3, 0.4) is 0 Å². The van der Waals surface area contributed by atoms with Crippen molar-refractivity contribution < 1.29 is 4.39 Å². The molecule has 94 valence electrons. The van der Waals surface area contributed by atoms with Gasteiger partial charge in [0.05, 0.1) is 27.5 Å². The lowest BCUT2D eigenvalue weighted by Crippen LogP contribution is -2.06. The first kappa shape index (κ1) is 11.9. The number of nitrogens with zero attached hydrogens (tertiary/aromatic N) is 3. The minimum Gasteiger partial charge on any atom is -0.338 e. The highest BCUT2D eigenvalue weighted by Crippen LogP contribution is 2.38. The second kappa shape index (κ2) is 4.52. The van der Waals surface area contributed by atoms with Crippen LogP contribution >= 0.6 is 11.6 Å². The summed E-state index contributed by atoms with van der Waals surface area (Å²) in [6.45, 7) is 0.677. The van der Waals surface area contributed by atoms with Crippen molar-refractivity contribution >= 4 is 17.7 Å². The number of nitriles is 1. The molecule has 1 aliphatic heterocycles. The molecule has 0 saturated heterocycles. The predicted molar refractivity (Wildman–Crippen MR) is 71.0 cm³/mol. The van der Waals surface area contributed by atoms with Crippen molar-refractivity contribution in [3.8, 4) is 17.3 Å². The smallest absolute Gasteiger partial charge is 0.222 e. The Balaban J connectivity index is 2.35. The molecule has 2 aromatic rings. The predicted octanol–water partition coefficient (Wildman–Crippen LogP) is 3.63. The highest BCUT2D eigenvalue weighted by atomic mass is 35.5. The first-order valence-electron chi connectivity index (χ1n) is 5.83. The molecule has 3 rings (SSSR count). The second-order valence-corrected chi connectivity index (χ2v) is 4.60. The van der Waals surface area contributed by atoms with Crippen molar-refractivity contribution in [2.75, 3.05) is 0 Å². The molecule has 0 aliphatic carbocycles. The molecule has 3 nitrogen and oxygen atoms in total. The lowest BCUT2D eigenvalue weighted by atomic mass is 10.2. The van der Waals surface area contributed by atoms with Gasteiger partial charge in [0.25, 0.3) is 0 Å². The number of rotatable bonds is 1. The van der Waals surface area contributed by atoms with Crippen molar-refractivity contribution in [3.63, 3.8) is 0 Å². The van der Waals surface area contributed by atoms with Gasteiger partial charge in [0, 0.05) is 12.7 Å². The Morgan fingerprint density at radius 2 is 2.32 bits per heavy atom. The summed E-state index contributed by atoms with van der Waals surface area (Å²) in [5.41, 5.74) is 1.97. The maximum atomic E-state index is 13.9. The highest BCUT2D eigenvalue weighted by Gasteiger charge is 2.24. The molecule has 3 heterocycles. The van der Waals surface area contributed by atoms with Crippen molar-refractivity contribution in [2.45, 2.75) is 13.0 Å².